The summed E-state index contributed by atoms with van der Waals surface area (Å²) in [6.45, 7) is 6.90. The molecule has 10 heteroatoms. The fourth-order valence-electron chi connectivity index (χ4n) is 9.41. The van der Waals surface area contributed by atoms with Gasteiger partial charge < -0.3 is 28.5 Å². The van der Waals surface area contributed by atoms with Gasteiger partial charge in [0.1, 0.15) is 19.3 Å². The Balaban J connectivity index is 5.26. The Kier molecular flexibility index (Phi) is 51.3. The first-order valence-electron chi connectivity index (χ1n) is 31.0. The molecule has 3 unspecified atom stereocenters. The van der Waals surface area contributed by atoms with E-state index in [1.165, 1.54) is 225 Å². The number of allylic oxidation sites excluding steroid dienone is 1. The Morgan fingerprint density at radius 2 is 0.803 bits per heavy atom. The number of nitrogens with zero attached hydrogens (tertiary/aromatic N) is 1. The second-order valence-corrected chi connectivity index (χ2v) is 24.0. The highest BCUT2D eigenvalue weighted by molar-refractivity contribution is 7.45. The van der Waals surface area contributed by atoms with Gasteiger partial charge in [0.2, 0.25) is 5.91 Å². The van der Waals surface area contributed by atoms with E-state index in [1.54, 1.807) is 0 Å². The van der Waals surface area contributed by atoms with E-state index in [9.17, 15) is 19.0 Å². The van der Waals surface area contributed by atoms with Crippen molar-refractivity contribution in [3.63, 3.8) is 0 Å². The van der Waals surface area contributed by atoms with Crippen molar-refractivity contribution in [2.24, 2.45) is 0 Å². The number of ether oxygens (including phenoxy) is 1. The largest absolute Gasteiger partial charge is 0.756 e. The maximum absolute atomic E-state index is 13.5. The van der Waals surface area contributed by atoms with Crippen molar-refractivity contribution >= 4 is 19.7 Å². The van der Waals surface area contributed by atoms with Crippen LogP contribution in [0, 0.1) is 0 Å². The lowest BCUT2D eigenvalue weighted by Gasteiger charge is -2.30. The molecule has 1 N–H and O–H groups in total. The monoisotopic (exact) mass is 1020 g/mol. The highest BCUT2D eigenvalue weighted by atomic mass is 31.2. The first-order valence-corrected chi connectivity index (χ1v) is 32.5. The fraction of sp³-hybridized carbons (Fsp3) is 0.934. The van der Waals surface area contributed by atoms with E-state index in [2.05, 4.69) is 26.1 Å². The molecule has 0 aliphatic carbocycles. The van der Waals surface area contributed by atoms with Crippen LogP contribution in [0.3, 0.4) is 0 Å². The van der Waals surface area contributed by atoms with E-state index >= 15 is 0 Å². The second-order valence-electron chi connectivity index (χ2n) is 22.6. The Hall–Kier alpha value is -1.25. The molecule has 0 saturated carbocycles. The van der Waals surface area contributed by atoms with Crippen LogP contribution >= 0.6 is 7.82 Å². The van der Waals surface area contributed by atoms with Crippen molar-refractivity contribution in [3.8, 4) is 0 Å². The zero-order valence-corrected chi connectivity index (χ0v) is 49.1. The number of carbonyl (C=O) groups is 2. The molecule has 0 aromatic carbocycles. The summed E-state index contributed by atoms with van der Waals surface area (Å²) in [5.41, 5.74) is 0. The van der Waals surface area contributed by atoms with Gasteiger partial charge in [0.15, 0.2) is 0 Å². The quantitative estimate of drug-likeness (QED) is 0.0212. The minimum Gasteiger partial charge on any atom is -0.756 e. The van der Waals surface area contributed by atoms with Gasteiger partial charge in [-0.25, -0.2) is 0 Å². The van der Waals surface area contributed by atoms with Crippen molar-refractivity contribution in [1.82, 2.24) is 5.32 Å². The van der Waals surface area contributed by atoms with Gasteiger partial charge in [-0.1, -0.05) is 284 Å². The lowest BCUT2D eigenvalue weighted by Crippen LogP contribution is -2.47. The molecule has 0 aromatic rings. The number of hydrogen-bond acceptors (Lipinski definition) is 7. The number of nitrogens with one attached hydrogen (secondary N) is 1. The predicted molar refractivity (Wildman–Crippen MR) is 303 cm³/mol. The molecule has 9 nitrogen and oxygen atoms in total. The van der Waals surface area contributed by atoms with Crippen LogP contribution in [-0.2, 0) is 27.9 Å². The second kappa shape index (κ2) is 52.2. The highest BCUT2D eigenvalue weighted by Crippen LogP contribution is 2.38. The number of hydrogen-bond donors (Lipinski definition) is 1. The molecule has 0 aliphatic heterocycles. The summed E-state index contributed by atoms with van der Waals surface area (Å²) in [4.78, 5) is 39.9. The Morgan fingerprint density at radius 1 is 0.479 bits per heavy atom. The van der Waals surface area contributed by atoms with Crippen LogP contribution in [0.15, 0.2) is 12.2 Å². The predicted octanol–water partition coefficient (Wildman–Crippen LogP) is 18.2. The molecular formula is C61H121N2O7P. The van der Waals surface area contributed by atoms with Crippen molar-refractivity contribution in [1.29, 1.82) is 0 Å². The Labute approximate surface area is 441 Å². The minimum absolute atomic E-state index is 0.0167. The number of esters is 1. The molecule has 0 saturated heterocycles. The smallest absolute Gasteiger partial charge is 0.306 e. The number of likely N-dealkylation sites (N-methyl/N-ethyl adjacent to an activating group) is 1. The van der Waals surface area contributed by atoms with Crippen molar-refractivity contribution in [2.45, 2.75) is 328 Å². The zero-order valence-electron chi connectivity index (χ0n) is 48.2. The van der Waals surface area contributed by atoms with Crippen LogP contribution < -0.4 is 10.2 Å². The van der Waals surface area contributed by atoms with Crippen molar-refractivity contribution in [3.05, 3.63) is 12.2 Å². The molecule has 3 atom stereocenters. The fourth-order valence-corrected chi connectivity index (χ4v) is 10.1. The average Bonchev–Trinajstić information content (AvgIpc) is 3.33. The lowest BCUT2D eigenvalue weighted by molar-refractivity contribution is -0.870. The maximum atomic E-state index is 13.5. The molecule has 71 heavy (non-hydrogen) atoms. The molecule has 0 fully saturated rings. The number of unbranched alkanes of at least 4 members (excludes halogenated alkanes) is 41. The summed E-state index contributed by atoms with van der Waals surface area (Å²) in [7, 11) is 1.21. The third-order valence-electron chi connectivity index (χ3n) is 14.2. The minimum atomic E-state index is -4.69. The van der Waals surface area contributed by atoms with Crippen LogP contribution in [0.2, 0.25) is 0 Å². The number of phosphoric acid groups is 1. The van der Waals surface area contributed by atoms with E-state index in [1.807, 2.05) is 33.3 Å². The third-order valence-corrected chi connectivity index (χ3v) is 15.2. The van der Waals surface area contributed by atoms with Gasteiger partial charge >= 0.3 is 5.97 Å². The first-order chi connectivity index (χ1) is 34.4. The zero-order chi connectivity index (χ0) is 52.2. The van der Waals surface area contributed by atoms with Gasteiger partial charge in [-0.2, -0.15) is 0 Å². The number of amides is 1. The average molecular weight is 1030 g/mol. The van der Waals surface area contributed by atoms with E-state index in [4.69, 9.17) is 13.8 Å². The maximum Gasteiger partial charge on any atom is 0.306 e. The molecule has 0 heterocycles. The van der Waals surface area contributed by atoms with Gasteiger partial charge in [-0.05, 0) is 31.8 Å². The topological polar surface area (TPSA) is 114 Å². The molecule has 0 aromatic heterocycles. The Bertz CT molecular complexity index is 1230. The van der Waals surface area contributed by atoms with Crippen LogP contribution in [0.4, 0.5) is 0 Å². The van der Waals surface area contributed by atoms with Crippen LogP contribution in [0.25, 0.3) is 0 Å². The van der Waals surface area contributed by atoms with Gasteiger partial charge in [0.05, 0.1) is 33.8 Å². The summed E-state index contributed by atoms with van der Waals surface area (Å²) >= 11 is 0. The third kappa shape index (κ3) is 53.4. The Morgan fingerprint density at radius 3 is 1.15 bits per heavy atom. The summed E-state index contributed by atoms with van der Waals surface area (Å²) in [5, 5.41) is 3.04. The van der Waals surface area contributed by atoms with Crippen molar-refractivity contribution in [2.75, 3.05) is 40.9 Å². The molecule has 0 radical (unpaired) electrons. The summed E-state index contributed by atoms with van der Waals surface area (Å²) < 4.78 is 30.3. The molecule has 422 valence electrons. The number of phosphoric ester groups is 1. The normalized spacial score (nSPS) is 13.7. The highest BCUT2D eigenvalue weighted by Gasteiger charge is 2.27. The number of rotatable bonds is 57. The van der Waals surface area contributed by atoms with Crippen molar-refractivity contribution < 1.29 is 37.3 Å². The molecule has 0 aliphatic rings. The van der Waals surface area contributed by atoms with Crippen LogP contribution in [0.1, 0.15) is 316 Å². The molecule has 0 spiro atoms. The molecule has 0 bridgehead atoms. The first kappa shape index (κ1) is 69.8. The van der Waals surface area contributed by atoms with E-state index in [0.29, 0.717) is 17.4 Å². The standard InChI is InChI=1S/C61H121N2O7P/c1-7-10-13-16-19-22-25-28-30-31-33-36-39-42-45-48-51-54-61(65)70-59(52-49-46-43-40-37-34-27-24-21-18-15-12-9-3)58(57-69-71(66,67)68-56-55-63(4,5)6)62-60(64)53-50-47-44-41-38-35-32-29-26-23-20-17-14-11-8-2/h49,52,58-59H,7-48,50-51,53-57H2,1-6H3,(H-,62,64,66,67)/b52-49+. The molecule has 0 rings (SSSR count). The van der Waals surface area contributed by atoms with E-state index in [0.717, 1.165) is 57.8 Å². The van der Waals surface area contributed by atoms with Gasteiger partial charge in [0.25, 0.3) is 7.82 Å². The molecule has 1 amide bonds. The van der Waals surface area contributed by atoms with E-state index in [-0.39, 0.29) is 31.5 Å². The number of carbonyl (C=O) groups excluding carboxylic acids is 2. The van der Waals surface area contributed by atoms with Crippen LogP contribution in [-0.4, -0.2) is 69.4 Å². The summed E-state index contributed by atoms with van der Waals surface area (Å²) in [6, 6.07) is -0.879. The summed E-state index contributed by atoms with van der Waals surface area (Å²) in [5.74, 6) is -0.519. The lowest BCUT2D eigenvalue weighted by atomic mass is 10.0. The van der Waals surface area contributed by atoms with Gasteiger partial charge in [-0.15, -0.1) is 0 Å². The van der Waals surface area contributed by atoms with E-state index < -0.39 is 20.0 Å². The SMILES string of the molecule is CCCCCCCCCCCCC/C=C/C(OC(=O)CCCCCCCCCCCCCCCCCCC)C(COP(=O)([O-])OCC[N+](C)(C)C)NC(=O)CCCCCCCCCCCCCCCCC. The number of quaternary nitrogens is 1. The van der Waals surface area contributed by atoms with Gasteiger partial charge in [0, 0.05) is 12.8 Å². The van der Waals surface area contributed by atoms with Gasteiger partial charge in [-0.3, -0.25) is 14.2 Å². The summed E-state index contributed by atoms with van der Waals surface area (Å²) in [6.07, 6.45) is 58.8. The molecular weight excluding hydrogens is 904 g/mol. The van der Waals surface area contributed by atoms with Crippen LogP contribution in [0.5, 0.6) is 0 Å².